The number of carbonyl (C=O) groups excluding carboxylic acids is 1. The summed E-state index contributed by atoms with van der Waals surface area (Å²) < 4.78 is 41.0. The SMILES string of the molecule is Nc1ncnc2nc([C@@H]3CCCN(C(=O)c4ccccc4)C3)cc(C(F)(F)F)c12. The fourth-order valence-electron chi connectivity index (χ4n) is 3.71. The Morgan fingerprint density at radius 2 is 1.93 bits per heavy atom. The largest absolute Gasteiger partial charge is 0.417 e. The van der Waals surface area contributed by atoms with Crippen LogP contribution < -0.4 is 5.73 Å². The number of nitrogens with zero attached hydrogens (tertiary/aromatic N) is 4. The number of nitrogens with two attached hydrogens (primary N) is 1. The number of likely N-dealkylation sites (tertiary alicyclic amines) is 1. The van der Waals surface area contributed by atoms with Gasteiger partial charge in [0.25, 0.3) is 5.91 Å². The Morgan fingerprint density at radius 3 is 2.66 bits per heavy atom. The molecule has 1 atom stereocenters. The summed E-state index contributed by atoms with van der Waals surface area (Å²) in [5.74, 6) is -0.720. The minimum Gasteiger partial charge on any atom is -0.383 e. The molecule has 1 aromatic carbocycles. The van der Waals surface area contributed by atoms with Crippen molar-refractivity contribution in [3.05, 3.63) is 59.5 Å². The number of carbonyl (C=O) groups is 1. The Labute approximate surface area is 164 Å². The van der Waals surface area contributed by atoms with Gasteiger partial charge >= 0.3 is 6.18 Å². The average Bonchev–Trinajstić information content (AvgIpc) is 2.73. The second-order valence-corrected chi connectivity index (χ2v) is 7.01. The second kappa shape index (κ2) is 7.31. The van der Waals surface area contributed by atoms with Crippen molar-refractivity contribution in [1.29, 1.82) is 0 Å². The minimum absolute atomic E-state index is 0.0890. The van der Waals surface area contributed by atoms with Gasteiger partial charge in [-0.3, -0.25) is 4.79 Å². The van der Waals surface area contributed by atoms with E-state index in [2.05, 4.69) is 15.0 Å². The molecule has 1 saturated heterocycles. The minimum atomic E-state index is -4.62. The van der Waals surface area contributed by atoms with Crippen molar-refractivity contribution in [1.82, 2.24) is 19.9 Å². The Kier molecular flexibility index (Phi) is 4.81. The zero-order valence-electron chi connectivity index (χ0n) is 15.4. The molecule has 1 aliphatic rings. The van der Waals surface area contributed by atoms with Crippen molar-refractivity contribution in [2.24, 2.45) is 0 Å². The molecule has 2 aromatic heterocycles. The molecule has 3 heterocycles. The summed E-state index contributed by atoms with van der Waals surface area (Å²) >= 11 is 0. The number of alkyl halides is 3. The smallest absolute Gasteiger partial charge is 0.383 e. The number of piperidine rings is 1. The number of pyridine rings is 1. The molecule has 6 nitrogen and oxygen atoms in total. The maximum atomic E-state index is 13.7. The Balaban J connectivity index is 1.70. The molecule has 0 unspecified atom stereocenters. The highest BCUT2D eigenvalue weighted by molar-refractivity contribution is 5.94. The van der Waals surface area contributed by atoms with E-state index in [1.807, 2.05) is 6.07 Å². The van der Waals surface area contributed by atoms with E-state index in [-0.39, 0.29) is 34.4 Å². The molecule has 1 amide bonds. The van der Waals surface area contributed by atoms with Gasteiger partial charge in [-0.1, -0.05) is 18.2 Å². The van der Waals surface area contributed by atoms with Crippen molar-refractivity contribution >= 4 is 22.8 Å². The Morgan fingerprint density at radius 1 is 1.17 bits per heavy atom. The van der Waals surface area contributed by atoms with Gasteiger partial charge in [-0.25, -0.2) is 15.0 Å². The van der Waals surface area contributed by atoms with Gasteiger partial charge in [0.2, 0.25) is 0 Å². The molecule has 29 heavy (non-hydrogen) atoms. The first-order valence-electron chi connectivity index (χ1n) is 9.17. The normalized spacial score (nSPS) is 17.5. The van der Waals surface area contributed by atoms with Gasteiger partial charge in [-0.15, -0.1) is 0 Å². The van der Waals surface area contributed by atoms with E-state index in [9.17, 15) is 18.0 Å². The molecule has 0 bridgehead atoms. The first-order valence-corrected chi connectivity index (χ1v) is 9.17. The molecule has 0 radical (unpaired) electrons. The third-order valence-corrected chi connectivity index (χ3v) is 5.11. The van der Waals surface area contributed by atoms with Crippen molar-refractivity contribution in [2.75, 3.05) is 18.8 Å². The lowest BCUT2D eigenvalue weighted by Gasteiger charge is -2.33. The number of amides is 1. The second-order valence-electron chi connectivity index (χ2n) is 7.01. The van der Waals surface area contributed by atoms with E-state index >= 15 is 0 Å². The van der Waals surface area contributed by atoms with Gasteiger partial charge < -0.3 is 10.6 Å². The first-order chi connectivity index (χ1) is 13.8. The number of benzene rings is 1. The van der Waals surface area contributed by atoms with Crippen LogP contribution in [0, 0.1) is 0 Å². The van der Waals surface area contributed by atoms with E-state index in [1.54, 1.807) is 29.2 Å². The zero-order valence-corrected chi connectivity index (χ0v) is 15.4. The predicted molar refractivity (Wildman–Crippen MR) is 101 cm³/mol. The fraction of sp³-hybridized carbons (Fsp3) is 0.300. The van der Waals surface area contributed by atoms with Crippen LogP contribution in [-0.2, 0) is 6.18 Å². The lowest BCUT2D eigenvalue weighted by Crippen LogP contribution is -2.39. The summed E-state index contributed by atoms with van der Waals surface area (Å²) in [6.07, 6.45) is -2.21. The van der Waals surface area contributed by atoms with E-state index in [0.717, 1.165) is 12.4 Å². The molecular formula is C20H18F3N5O. The monoisotopic (exact) mass is 401 g/mol. The van der Waals surface area contributed by atoms with E-state index in [1.165, 1.54) is 0 Å². The molecule has 2 N–H and O–H groups in total. The molecule has 0 saturated carbocycles. The highest BCUT2D eigenvalue weighted by Gasteiger charge is 2.36. The molecule has 9 heteroatoms. The predicted octanol–water partition coefficient (Wildman–Crippen LogP) is 3.65. The third kappa shape index (κ3) is 3.72. The summed E-state index contributed by atoms with van der Waals surface area (Å²) in [6.45, 7) is 0.850. The molecule has 0 spiro atoms. The van der Waals surface area contributed by atoms with Gasteiger partial charge in [-0.2, -0.15) is 13.2 Å². The average molecular weight is 401 g/mol. The van der Waals surface area contributed by atoms with Crippen LogP contribution in [0.4, 0.5) is 19.0 Å². The Bertz CT molecular complexity index is 1060. The van der Waals surface area contributed by atoms with Crippen LogP contribution in [0.25, 0.3) is 11.0 Å². The number of hydrogen-bond donors (Lipinski definition) is 1. The van der Waals surface area contributed by atoms with Gasteiger partial charge in [0.15, 0.2) is 5.65 Å². The van der Waals surface area contributed by atoms with Gasteiger partial charge in [0.05, 0.1) is 10.9 Å². The van der Waals surface area contributed by atoms with Crippen LogP contribution in [0.2, 0.25) is 0 Å². The van der Waals surface area contributed by atoms with Crippen molar-refractivity contribution in [2.45, 2.75) is 24.9 Å². The molecule has 0 aliphatic carbocycles. The van der Waals surface area contributed by atoms with Crippen LogP contribution in [0.5, 0.6) is 0 Å². The summed E-state index contributed by atoms with van der Waals surface area (Å²) in [5.41, 5.74) is 5.48. The fourth-order valence-corrected chi connectivity index (χ4v) is 3.71. The van der Waals surface area contributed by atoms with Crippen molar-refractivity contribution in [3.8, 4) is 0 Å². The highest BCUT2D eigenvalue weighted by Crippen LogP contribution is 2.38. The quantitative estimate of drug-likeness (QED) is 0.709. The van der Waals surface area contributed by atoms with Crippen LogP contribution in [0.3, 0.4) is 0 Å². The summed E-state index contributed by atoms with van der Waals surface area (Å²) in [6, 6.07) is 9.84. The molecular weight excluding hydrogens is 383 g/mol. The molecule has 1 fully saturated rings. The molecule has 3 aromatic rings. The van der Waals surface area contributed by atoms with Crippen molar-refractivity contribution < 1.29 is 18.0 Å². The number of fused-ring (bicyclic) bond motifs is 1. The molecule has 150 valence electrons. The number of rotatable bonds is 2. The highest BCUT2D eigenvalue weighted by atomic mass is 19.4. The van der Waals surface area contributed by atoms with Gasteiger partial charge in [0, 0.05) is 30.3 Å². The Hall–Kier alpha value is -3.23. The van der Waals surface area contributed by atoms with Crippen LogP contribution in [0.1, 0.15) is 40.4 Å². The number of halogens is 3. The lowest BCUT2D eigenvalue weighted by molar-refractivity contribution is -0.136. The first kappa shape index (κ1) is 19.1. The standard InChI is InChI=1S/C20H18F3N5O/c21-20(22,23)14-9-15(27-18-16(14)17(24)25-11-26-18)13-7-4-8-28(10-13)19(29)12-5-2-1-3-6-12/h1-3,5-6,9,11,13H,4,7-8,10H2,(H2,24,25,26,27)/t13-/m1/s1. The van der Waals surface area contributed by atoms with E-state index < -0.39 is 11.7 Å². The zero-order chi connectivity index (χ0) is 20.6. The summed E-state index contributed by atoms with van der Waals surface area (Å²) in [5, 5.41) is -0.295. The summed E-state index contributed by atoms with van der Waals surface area (Å²) in [4.78, 5) is 26.3. The van der Waals surface area contributed by atoms with Crippen LogP contribution in [-0.4, -0.2) is 38.8 Å². The number of aromatic nitrogens is 3. The van der Waals surface area contributed by atoms with Crippen LogP contribution >= 0.6 is 0 Å². The van der Waals surface area contributed by atoms with Gasteiger partial charge in [0.1, 0.15) is 12.1 Å². The van der Waals surface area contributed by atoms with E-state index in [0.29, 0.717) is 31.5 Å². The topological polar surface area (TPSA) is 85.0 Å². The summed E-state index contributed by atoms with van der Waals surface area (Å²) in [7, 11) is 0. The van der Waals surface area contributed by atoms with Crippen molar-refractivity contribution in [3.63, 3.8) is 0 Å². The molecule has 4 rings (SSSR count). The van der Waals surface area contributed by atoms with Crippen LogP contribution in [0.15, 0.2) is 42.7 Å². The van der Waals surface area contributed by atoms with Gasteiger partial charge in [-0.05, 0) is 31.0 Å². The maximum absolute atomic E-state index is 13.7. The number of anilines is 1. The van der Waals surface area contributed by atoms with E-state index in [4.69, 9.17) is 5.73 Å². The molecule has 1 aliphatic heterocycles. The number of hydrogen-bond acceptors (Lipinski definition) is 5. The number of nitrogen functional groups attached to an aromatic ring is 1. The lowest BCUT2D eigenvalue weighted by atomic mass is 9.92. The third-order valence-electron chi connectivity index (χ3n) is 5.11. The maximum Gasteiger partial charge on any atom is 0.417 e.